The Balaban J connectivity index is 0.00000225. The second-order valence-electron chi connectivity index (χ2n) is 5.01. The molecule has 0 spiro atoms. The molecular formula is C14H24IP. The molecule has 0 amide bonds. The lowest BCUT2D eigenvalue weighted by atomic mass is 10.2. The first-order chi connectivity index (χ1) is 7.14. The van der Waals surface area contributed by atoms with Crippen LogP contribution < -0.4 is 24.0 Å². The van der Waals surface area contributed by atoms with E-state index in [1.165, 1.54) is 37.1 Å². The molecule has 1 aromatic rings. The summed E-state index contributed by atoms with van der Waals surface area (Å²) in [4.78, 5) is 0. The Bertz CT molecular complexity index is 269. The molecule has 0 saturated carbocycles. The number of rotatable bonds is 6. The minimum absolute atomic E-state index is 0. The SMILES string of the molecule is CCCCC[P+](C)(C)Cc1ccccc1.[I-]. The molecule has 0 bridgehead atoms. The summed E-state index contributed by atoms with van der Waals surface area (Å²) in [6.07, 6.45) is 6.93. The Morgan fingerprint density at radius 2 is 1.62 bits per heavy atom. The molecule has 1 rings (SSSR count). The standard InChI is InChI=1S/C14H24P.HI/c1-4-5-9-12-15(2,3)13-14-10-7-6-8-11-14;/h6-8,10-11H,4-5,9,12-13H2,1-3H3;1H/q+1;/p-1. The summed E-state index contributed by atoms with van der Waals surface area (Å²) in [5, 5.41) is 0. The van der Waals surface area contributed by atoms with Crippen molar-refractivity contribution in [2.24, 2.45) is 0 Å². The quantitative estimate of drug-likeness (QED) is 0.416. The molecular weight excluding hydrogens is 326 g/mol. The first-order valence-electron chi connectivity index (χ1n) is 6.00. The predicted octanol–water partition coefficient (Wildman–Crippen LogP) is 1.66. The summed E-state index contributed by atoms with van der Waals surface area (Å²) in [6.45, 7) is 7.27. The van der Waals surface area contributed by atoms with E-state index in [0.717, 1.165) is 0 Å². The van der Waals surface area contributed by atoms with Crippen molar-refractivity contribution in [1.82, 2.24) is 0 Å². The average molecular weight is 350 g/mol. The Labute approximate surface area is 119 Å². The summed E-state index contributed by atoms with van der Waals surface area (Å²) < 4.78 is 0. The monoisotopic (exact) mass is 350 g/mol. The highest BCUT2D eigenvalue weighted by atomic mass is 127. The van der Waals surface area contributed by atoms with E-state index in [1.54, 1.807) is 0 Å². The summed E-state index contributed by atoms with van der Waals surface area (Å²) >= 11 is 0. The third kappa shape index (κ3) is 6.85. The third-order valence-electron chi connectivity index (χ3n) is 2.82. The van der Waals surface area contributed by atoms with Crippen molar-refractivity contribution in [1.29, 1.82) is 0 Å². The van der Waals surface area contributed by atoms with E-state index < -0.39 is 7.26 Å². The molecule has 0 nitrogen and oxygen atoms in total. The van der Waals surface area contributed by atoms with Gasteiger partial charge in [-0.05, 0) is 12.0 Å². The van der Waals surface area contributed by atoms with Gasteiger partial charge in [0.1, 0.15) is 0 Å². The Morgan fingerprint density at radius 3 is 2.19 bits per heavy atom. The summed E-state index contributed by atoms with van der Waals surface area (Å²) in [7, 11) is -0.694. The highest BCUT2D eigenvalue weighted by Gasteiger charge is 2.24. The third-order valence-corrected chi connectivity index (χ3v) is 5.57. The number of halogens is 1. The average Bonchev–Trinajstić information content (AvgIpc) is 2.18. The van der Waals surface area contributed by atoms with Crippen LogP contribution in [-0.2, 0) is 6.16 Å². The van der Waals surface area contributed by atoms with Gasteiger partial charge in [0.15, 0.2) is 0 Å². The van der Waals surface area contributed by atoms with Crippen LogP contribution in [0.3, 0.4) is 0 Å². The molecule has 0 heterocycles. The summed E-state index contributed by atoms with van der Waals surface area (Å²) in [6, 6.07) is 10.9. The van der Waals surface area contributed by atoms with Crippen LogP contribution in [0.25, 0.3) is 0 Å². The van der Waals surface area contributed by atoms with E-state index in [-0.39, 0.29) is 24.0 Å². The van der Waals surface area contributed by atoms with Crippen LogP contribution in [0.15, 0.2) is 30.3 Å². The van der Waals surface area contributed by atoms with Crippen LogP contribution in [0.5, 0.6) is 0 Å². The largest absolute Gasteiger partial charge is 1.00 e. The van der Waals surface area contributed by atoms with E-state index in [9.17, 15) is 0 Å². The molecule has 0 unspecified atom stereocenters. The zero-order valence-corrected chi connectivity index (χ0v) is 13.8. The molecule has 2 heteroatoms. The Morgan fingerprint density at radius 1 is 1.00 bits per heavy atom. The van der Waals surface area contributed by atoms with Gasteiger partial charge in [-0.3, -0.25) is 0 Å². The van der Waals surface area contributed by atoms with Crippen LogP contribution in [-0.4, -0.2) is 19.5 Å². The van der Waals surface area contributed by atoms with Crippen LogP contribution in [0.1, 0.15) is 31.7 Å². The van der Waals surface area contributed by atoms with E-state index in [4.69, 9.17) is 0 Å². The van der Waals surface area contributed by atoms with Gasteiger partial charge in [0.2, 0.25) is 0 Å². The highest BCUT2D eigenvalue weighted by molar-refractivity contribution is 7.73. The molecule has 0 aromatic heterocycles. The van der Waals surface area contributed by atoms with Gasteiger partial charge in [-0.1, -0.05) is 50.1 Å². The van der Waals surface area contributed by atoms with Gasteiger partial charge in [0, 0.05) is 20.6 Å². The lowest BCUT2D eigenvalue weighted by molar-refractivity contribution is -0.00000348. The van der Waals surface area contributed by atoms with Gasteiger partial charge in [-0.15, -0.1) is 0 Å². The molecule has 1 aromatic carbocycles. The molecule has 0 aliphatic heterocycles. The first-order valence-corrected chi connectivity index (χ1v) is 9.05. The molecule has 0 aliphatic rings. The molecule has 0 N–H and O–H groups in total. The zero-order chi connectivity index (χ0) is 11.1. The molecule has 0 aliphatic carbocycles. The van der Waals surface area contributed by atoms with Gasteiger partial charge in [-0.25, -0.2) is 0 Å². The van der Waals surface area contributed by atoms with Gasteiger partial charge < -0.3 is 24.0 Å². The fraction of sp³-hybridized carbons (Fsp3) is 0.571. The van der Waals surface area contributed by atoms with Crippen molar-refractivity contribution in [3.63, 3.8) is 0 Å². The van der Waals surface area contributed by atoms with Crippen molar-refractivity contribution in [2.75, 3.05) is 19.5 Å². The van der Waals surface area contributed by atoms with Gasteiger partial charge >= 0.3 is 0 Å². The number of benzene rings is 1. The van der Waals surface area contributed by atoms with Crippen molar-refractivity contribution in [2.45, 2.75) is 32.3 Å². The molecule has 16 heavy (non-hydrogen) atoms. The van der Waals surface area contributed by atoms with Crippen molar-refractivity contribution in [3.8, 4) is 0 Å². The maximum absolute atomic E-state index is 2.50. The maximum atomic E-state index is 2.50. The maximum Gasteiger partial charge on any atom is 0.0837 e. The Hall–Kier alpha value is 0.380. The van der Waals surface area contributed by atoms with Crippen LogP contribution in [0, 0.1) is 0 Å². The molecule has 0 saturated heterocycles. The van der Waals surface area contributed by atoms with Gasteiger partial charge in [-0.2, -0.15) is 0 Å². The van der Waals surface area contributed by atoms with E-state index in [2.05, 4.69) is 50.6 Å². The highest BCUT2D eigenvalue weighted by Crippen LogP contribution is 2.54. The van der Waals surface area contributed by atoms with Crippen molar-refractivity contribution >= 4 is 7.26 Å². The lowest BCUT2D eigenvalue weighted by Gasteiger charge is -2.18. The first kappa shape index (κ1) is 16.4. The number of hydrogen-bond donors (Lipinski definition) is 0. The van der Waals surface area contributed by atoms with Crippen molar-refractivity contribution < 1.29 is 24.0 Å². The molecule has 92 valence electrons. The number of hydrogen-bond acceptors (Lipinski definition) is 0. The lowest BCUT2D eigenvalue weighted by Crippen LogP contribution is -3.00. The van der Waals surface area contributed by atoms with Gasteiger partial charge in [0.05, 0.1) is 12.3 Å². The fourth-order valence-electron chi connectivity index (χ4n) is 1.95. The van der Waals surface area contributed by atoms with Crippen LogP contribution >= 0.6 is 7.26 Å². The second kappa shape index (κ2) is 8.47. The summed E-state index contributed by atoms with van der Waals surface area (Å²) in [5.41, 5.74) is 1.52. The van der Waals surface area contributed by atoms with E-state index in [0.29, 0.717) is 0 Å². The minimum Gasteiger partial charge on any atom is -1.00 e. The van der Waals surface area contributed by atoms with Crippen LogP contribution in [0.2, 0.25) is 0 Å². The topological polar surface area (TPSA) is 0 Å². The normalized spacial score (nSPS) is 10.9. The van der Waals surface area contributed by atoms with Crippen LogP contribution in [0.4, 0.5) is 0 Å². The zero-order valence-electron chi connectivity index (χ0n) is 10.7. The number of unbranched alkanes of at least 4 members (excludes halogenated alkanes) is 2. The predicted molar refractivity (Wildman–Crippen MR) is 73.3 cm³/mol. The Kier molecular flexibility index (Phi) is 8.67. The second-order valence-corrected chi connectivity index (χ2v) is 9.65. The molecule has 0 radical (unpaired) electrons. The van der Waals surface area contributed by atoms with E-state index >= 15 is 0 Å². The van der Waals surface area contributed by atoms with E-state index in [1.807, 2.05) is 0 Å². The summed E-state index contributed by atoms with van der Waals surface area (Å²) in [5.74, 6) is 0. The smallest absolute Gasteiger partial charge is 0.0837 e. The fourth-order valence-corrected chi connectivity index (χ4v) is 4.38. The molecule has 0 atom stereocenters. The van der Waals surface area contributed by atoms with Gasteiger partial charge in [0.25, 0.3) is 0 Å². The molecule has 0 fully saturated rings. The van der Waals surface area contributed by atoms with Crippen molar-refractivity contribution in [3.05, 3.63) is 35.9 Å². The minimum atomic E-state index is -0.694.